The van der Waals surface area contributed by atoms with Crippen molar-refractivity contribution in [3.63, 3.8) is 0 Å². The number of carbonyl (C=O) groups excluding carboxylic acids is 2. The van der Waals surface area contributed by atoms with Crippen LogP contribution in [0.4, 0.5) is 4.79 Å². The lowest BCUT2D eigenvalue weighted by Gasteiger charge is -2.24. The molecule has 1 heterocycles. The molecule has 1 fully saturated rings. The fourth-order valence-corrected chi connectivity index (χ4v) is 2.65. The van der Waals surface area contributed by atoms with Gasteiger partial charge < -0.3 is 10.4 Å². The van der Waals surface area contributed by atoms with Crippen molar-refractivity contribution >= 4 is 11.9 Å². The van der Waals surface area contributed by atoms with E-state index in [2.05, 4.69) is 17.2 Å². The Bertz CT molecular complexity index is 542. The van der Waals surface area contributed by atoms with Crippen molar-refractivity contribution in [3.05, 3.63) is 42.5 Å². The standard InChI is InChI=1S/C16H21N3O3/c1-2-9-17-16(22)18-15(21)11-19-10-3-4-14(19)12-5-7-13(20)8-6-12/h2,5-8,14,20H,1,3-4,9-11H2,(H2,17,18,21,22). The zero-order chi connectivity index (χ0) is 15.9. The Hall–Kier alpha value is -2.34. The largest absolute Gasteiger partial charge is 0.508 e. The molecule has 6 heteroatoms. The predicted octanol–water partition coefficient (Wildman–Crippen LogP) is 1.54. The molecule has 0 radical (unpaired) electrons. The van der Waals surface area contributed by atoms with Crippen LogP contribution in [0.25, 0.3) is 0 Å². The summed E-state index contributed by atoms with van der Waals surface area (Å²) in [5, 5.41) is 14.2. The molecule has 1 aliphatic rings. The van der Waals surface area contributed by atoms with Crippen LogP contribution in [0.3, 0.4) is 0 Å². The fourth-order valence-electron chi connectivity index (χ4n) is 2.65. The van der Waals surface area contributed by atoms with Crippen molar-refractivity contribution in [3.8, 4) is 5.75 Å². The number of urea groups is 1. The molecule has 1 saturated heterocycles. The summed E-state index contributed by atoms with van der Waals surface area (Å²) in [4.78, 5) is 25.4. The summed E-state index contributed by atoms with van der Waals surface area (Å²) in [7, 11) is 0. The molecule has 1 aromatic rings. The van der Waals surface area contributed by atoms with Crippen molar-refractivity contribution in [2.75, 3.05) is 19.6 Å². The lowest BCUT2D eigenvalue weighted by Crippen LogP contribution is -2.44. The van der Waals surface area contributed by atoms with Crippen LogP contribution in [0.1, 0.15) is 24.4 Å². The number of phenolic OH excluding ortho intramolecular Hbond substituents is 1. The number of amides is 3. The topological polar surface area (TPSA) is 81.7 Å². The highest BCUT2D eigenvalue weighted by Gasteiger charge is 2.27. The lowest BCUT2D eigenvalue weighted by molar-refractivity contribution is -0.121. The van der Waals surface area contributed by atoms with Crippen LogP contribution in [0.5, 0.6) is 5.75 Å². The first-order valence-electron chi connectivity index (χ1n) is 7.31. The summed E-state index contributed by atoms with van der Waals surface area (Å²) in [5.74, 6) is -0.0998. The molecule has 1 atom stereocenters. The second kappa shape index (κ2) is 7.61. The molecule has 1 aromatic carbocycles. The number of benzene rings is 1. The van der Waals surface area contributed by atoms with E-state index in [0.29, 0.717) is 6.54 Å². The first kappa shape index (κ1) is 16.0. The number of hydrogen-bond acceptors (Lipinski definition) is 4. The number of carbonyl (C=O) groups is 2. The Morgan fingerprint density at radius 2 is 2.09 bits per heavy atom. The van der Waals surface area contributed by atoms with Crippen LogP contribution in [0, 0.1) is 0 Å². The molecule has 0 aromatic heterocycles. The number of hydrogen-bond donors (Lipinski definition) is 3. The molecular weight excluding hydrogens is 282 g/mol. The SMILES string of the molecule is C=CCNC(=O)NC(=O)CN1CCCC1c1ccc(O)cc1. The van der Waals surface area contributed by atoms with E-state index in [4.69, 9.17) is 0 Å². The minimum absolute atomic E-state index is 0.141. The number of rotatable bonds is 5. The third-order valence-corrected chi connectivity index (χ3v) is 3.65. The number of imide groups is 1. The third kappa shape index (κ3) is 4.33. The normalized spacial score (nSPS) is 17.9. The first-order valence-corrected chi connectivity index (χ1v) is 7.31. The number of aromatic hydroxyl groups is 1. The van der Waals surface area contributed by atoms with Crippen molar-refractivity contribution in [2.24, 2.45) is 0 Å². The second-order valence-corrected chi connectivity index (χ2v) is 5.27. The summed E-state index contributed by atoms with van der Waals surface area (Å²) in [6.07, 6.45) is 3.51. The molecule has 118 valence electrons. The summed E-state index contributed by atoms with van der Waals surface area (Å²) in [6, 6.07) is 6.66. The molecule has 1 aliphatic heterocycles. The number of phenols is 1. The van der Waals surface area contributed by atoms with E-state index in [1.807, 2.05) is 17.0 Å². The lowest BCUT2D eigenvalue weighted by atomic mass is 10.0. The highest BCUT2D eigenvalue weighted by atomic mass is 16.3. The maximum absolute atomic E-state index is 11.9. The van der Waals surface area contributed by atoms with E-state index < -0.39 is 6.03 Å². The summed E-state index contributed by atoms with van der Waals surface area (Å²) >= 11 is 0. The van der Waals surface area contributed by atoms with E-state index in [1.54, 1.807) is 18.2 Å². The summed E-state index contributed by atoms with van der Waals surface area (Å²) in [6.45, 7) is 4.80. The smallest absolute Gasteiger partial charge is 0.321 e. The zero-order valence-electron chi connectivity index (χ0n) is 12.4. The minimum atomic E-state index is -0.509. The molecule has 1 unspecified atom stereocenters. The van der Waals surface area contributed by atoms with Crippen LogP contribution in [0.2, 0.25) is 0 Å². The van der Waals surface area contributed by atoms with Crippen LogP contribution in [-0.4, -0.2) is 41.6 Å². The Morgan fingerprint density at radius 1 is 1.36 bits per heavy atom. The maximum atomic E-state index is 11.9. The van der Waals surface area contributed by atoms with E-state index in [-0.39, 0.29) is 24.2 Å². The highest BCUT2D eigenvalue weighted by Crippen LogP contribution is 2.32. The van der Waals surface area contributed by atoms with Crippen LogP contribution < -0.4 is 10.6 Å². The van der Waals surface area contributed by atoms with Crippen molar-refractivity contribution in [1.82, 2.24) is 15.5 Å². The van der Waals surface area contributed by atoms with Gasteiger partial charge in [-0.15, -0.1) is 6.58 Å². The van der Waals surface area contributed by atoms with Gasteiger partial charge >= 0.3 is 6.03 Å². The zero-order valence-corrected chi connectivity index (χ0v) is 12.4. The molecule has 0 aliphatic carbocycles. The van der Waals surface area contributed by atoms with Gasteiger partial charge in [0.1, 0.15) is 5.75 Å². The van der Waals surface area contributed by atoms with Crippen molar-refractivity contribution in [2.45, 2.75) is 18.9 Å². The van der Waals surface area contributed by atoms with Gasteiger partial charge in [0.25, 0.3) is 0 Å². The van der Waals surface area contributed by atoms with Crippen molar-refractivity contribution < 1.29 is 14.7 Å². The Morgan fingerprint density at radius 3 is 2.77 bits per heavy atom. The Labute approximate surface area is 129 Å². The van der Waals surface area contributed by atoms with Gasteiger partial charge in [0.2, 0.25) is 5.91 Å². The summed E-state index contributed by atoms with van der Waals surface area (Å²) in [5.41, 5.74) is 1.07. The van der Waals surface area contributed by atoms with Gasteiger partial charge in [-0.25, -0.2) is 4.79 Å². The van der Waals surface area contributed by atoms with Crippen LogP contribution in [-0.2, 0) is 4.79 Å². The molecule has 0 saturated carbocycles. The van der Waals surface area contributed by atoms with Gasteiger partial charge in [-0.2, -0.15) is 0 Å². The van der Waals surface area contributed by atoms with E-state index >= 15 is 0 Å². The van der Waals surface area contributed by atoms with Crippen molar-refractivity contribution in [1.29, 1.82) is 0 Å². The van der Waals surface area contributed by atoms with Crippen LogP contribution >= 0.6 is 0 Å². The van der Waals surface area contributed by atoms with Gasteiger partial charge in [0.05, 0.1) is 6.54 Å². The van der Waals surface area contributed by atoms with Gasteiger partial charge in [-0.3, -0.25) is 15.0 Å². The average Bonchev–Trinajstić information content (AvgIpc) is 2.93. The van der Waals surface area contributed by atoms with Gasteiger partial charge in [-0.05, 0) is 37.1 Å². The van der Waals surface area contributed by atoms with Gasteiger partial charge in [0, 0.05) is 12.6 Å². The van der Waals surface area contributed by atoms with Gasteiger partial charge in [0.15, 0.2) is 0 Å². The second-order valence-electron chi connectivity index (χ2n) is 5.27. The molecular formula is C16H21N3O3. The molecule has 2 rings (SSSR count). The predicted molar refractivity (Wildman–Crippen MR) is 83.4 cm³/mol. The number of nitrogens with zero attached hydrogens (tertiary/aromatic N) is 1. The first-order chi connectivity index (χ1) is 10.6. The van der Waals surface area contributed by atoms with E-state index in [0.717, 1.165) is 24.9 Å². The maximum Gasteiger partial charge on any atom is 0.321 e. The minimum Gasteiger partial charge on any atom is -0.508 e. The fraction of sp³-hybridized carbons (Fsp3) is 0.375. The molecule has 3 amide bonds. The molecule has 6 nitrogen and oxygen atoms in total. The molecule has 22 heavy (non-hydrogen) atoms. The quantitative estimate of drug-likeness (QED) is 0.721. The van der Waals surface area contributed by atoms with E-state index in [1.165, 1.54) is 0 Å². The van der Waals surface area contributed by atoms with Crippen LogP contribution in [0.15, 0.2) is 36.9 Å². The highest BCUT2D eigenvalue weighted by molar-refractivity contribution is 5.95. The number of nitrogens with one attached hydrogen (secondary N) is 2. The molecule has 0 spiro atoms. The van der Waals surface area contributed by atoms with E-state index in [9.17, 15) is 14.7 Å². The average molecular weight is 303 g/mol. The Kier molecular flexibility index (Phi) is 5.55. The number of likely N-dealkylation sites (tertiary alicyclic amines) is 1. The Balaban J connectivity index is 1.90. The monoisotopic (exact) mass is 303 g/mol. The van der Waals surface area contributed by atoms with Gasteiger partial charge in [-0.1, -0.05) is 18.2 Å². The molecule has 3 N–H and O–H groups in total. The molecule has 0 bridgehead atoms. The third-order valence-electron chi connectivity index (χ3n) is 3.65. The summed E-state index contributed by atoms with van der Waals surface area (Å²) < 4.78 is 0.